The monoisotopic (exact) mass is 408 g/mol. The Morgan fingerprint density at radius 2 is 1.55 bits per heavy atom. The maximum Gasteiger partial charge on any atom is 0.387 e. The molecule has 0 radical (unpaired) electrons. The van der Waals surface area contributed by atoms with Crippen molar-refractivity contribution in [1.29, 1.82) is 0 Å². The van der Waals surface area contributed by atoms with Gasteiger partial charge in [0.25, 0.3) is 0 Å². The number of halogens is 2. The Morgan fingerprint density at radius 1 is 0.897 bits per heavy atom. The smallest absolute Gasteiger partial charge is 0.387 e. The molecule has 0 unspecified atom stereocenters. The Kier molecular flexibility index (Phi) is 7.53. The van der Waals surface area contributed by atoms with Gasteiger partial charge < -0.3 is 23.7 Å². The van der Waals surface area contributed by atoms with Crippen LogP contribution in [0.15, 0.2) is 42.5 Å². The maximum atomic E-state index is 12.4. The number of hydrogen-bond acceptors (Lipinski definition) is 7. The second-order valence-corrected chi connectivity index (χ2v) is 5.40. The van der Waals surface area contributed by atoms with E-state index in [0.29, 0.717) is 5.56 Å². The molecular formula is C20H18F2O7. The molecule has 0 spiro atoms. The Morgan fingerprint density at radius 3 is 2.17 bits per heavy atom. The van der Waals surface area contributed by atoms with Crippen molar-refractivity contribution in [1.82, 2.24) is 0 Å². The van der Waals surface area contributed by atoms with Crippen LogP contribution >= 0.6 is 0 Å². The summed E-state index contributed by atoms with van der Waals surface area (Å²) in [6.07, 6.45) is 2.54. The topological polar surface area (TPSA) is 80.3 Å². The lowest BCUT2D eigenvalue weighted by Crippen LogP contribution is -2.07. The van der Waals surface area contributed by atoms with Gasteiger partial charge in [0.15, 0.2) is 23.0 Å². The molecule has 2 rings (SSSR count). The van der Waals surface area contributed by atoms with Gasteiger partial charge in [0, 0.05) is 6.08 Å². The molecule has 2 aromatic carbocycles. The third kappa shape index (κ3) is 5.93. The number of hydrogen-bond donors (Lipinski definition) is 0. The Bertz CT molecular complexity index is 910. The van der Waals surface area contributed by atoms with Crippen molar-refractivity contribution >= 4 is 18.0 Å². The van der Waals surface area contributed by atoms with Crippen LogP contribution in [0.3, 0.4) is 0 Å². The molecule has 0 amide bonds. The minimum Gasteiger partial charge on any atom is -0.493 e. The van der Waals surface area contributed by atoms with E-state index >= 15 is 0 Å². The van der Waals surface area contributed by atoms with E-state index in [4.69, 9.17) is 14.2 Å². The molecule has 29 heavy (non-hydrogen) atoms. The number of alkyl halides is 2. The highest BCUT2D eigenvalue weighted by Crippen LogP contribution is 2.30. The molecule has 0 saturated heterocycles. The van der Waals surface area contributed by atoms with Crippen LogP contribution in [0.2, 0.25) is 0 Å². The lowest BCUT2D eigenvalue weighted by molar-refractivity contribution is -0.129. The van der Waals surface area contributed by atoms with Gasteiger partial charge in [-0.3, -0.25) is 0 Å². The molecule has 0 N–H and O–H groups in total. The zero-order valence-corrected chi connectivity index (χ0v) is 15.8. The molecule has 154 valence electrons. The molecule has 0 aliphatic heterocycles. The quantitative estimate of drug-likeness (QED) is 0.374. The molecule has 0 aromatic heterocycles. The highest BCUT2D eigenvalue weighted by Gasteiger charge is 2.14. The second-order valence-electron chi connectivity index (χ2n) is 5.40. The van der Waals surface area contributed by atoms with Crippen LogP contribution in [-0.2, 0) is 9.53 Å². The first-order valence-electron chi connectivity index (χ1n) is 8.17. The number of carbonyl (C=O) groups excluding carboxylic acids is 2. The van der Waals surface area contributed by atoms with Crippen molar-refractivity contribution in [2.75, 3.05) is 21.3 Å². The zero-order valence-electron chi connectivity index (χ0n) is 15.8. The Labute approximate surface area is 165 Å². The summed E-state index contributed by atoms with van der Waals surface area (Å²) < 4.78 is 49.0. The van der Waals surface area contributed by atoms with Gasteiger partial charge in [0.2, 0.25) is 0 Å². The lowest BCUT2D eigenvalue weighted by Gasteiger charge is -2.10. The third-order valence-corrected chi connectivity index (χ3v) is 3.61. The highest BCUT2D eigenvalue weighted by atomic mass is 19.3. The van der Waals surface area contributed by atoms with Gasteiger partial charge in [0.05, 0.1) is 26.9 Å². The summed E-state index contributed by atoms with van der Waals surface area (Å²) in [7, 11) is 3.91. The predicted octanol–water partition coefficient (Wildman–Crippen LogP) is 3.71. The largest absolute Gasteiger partial charge is 0.493 e. The molecule has 7 nitrogen and oxygen atoms in total. The molecule has 0 fully saturated rings. The van der Waals surface area contributed by atoms with E-state index in [2.05, 4.69) is 9.47 Å². The number of carbonyl (C=O) groups is 2. The summed E-state index contributed by atoms with van der Waals surface area (Å²) in [5.41, 5.74) is 0.728. The summed E-state index contributed by atoms with van der Waals surface area (Å²) >= 11 is 0. The summed E-state index contributed by atoms with van der Waals surface area (Å²) in [6, 6.07) is 8.39. The van der Waals surface area contributed by atoms with E-state index in [9.17, 15) is 18.4 Å². The summed E-state index contributed by atoms with van der Waals surface area (Å²) in [5.74, 6) is -1.05. The second kappa shape index (κ2) is 10.1. The van der Waals surface area contributed by atoms with Crippen LogP contribution in [-0.4, -0.2) is 39.9 Å². The molecule has 0 heterocycles. The predicted molar refractivity (Wildman–Crippen MR) is 98.6 cm³/mol. The van der Waals surface area contributed by atoms with E-state index in [1.165, 1.54) is 63.8 Å². The number of esters is 2. The van der Waals surface area contributed by atoms with Crippen LogP contribution in [0.25, 0.3) is 6.08 Å². The number of ether oxygens (including phenoxy) is 5. The first kappa shape index (κ1) is 21.7. The van der Waals surface area contributed by atoms with Crippen molar-refractivity contribution in [2.24, 2.45) is 0 Å². The molecular weight excluding hydrogens is 390 g/mol. The summed E-state index contributed by atoms with van der Waals surface area (Å²) in [4.78, 5) is 23.6. The fraction of sp³-hybridized carbons (Fsp3) is 0.200. The average Bonchev–Trinajstić information content (AvgIpc) is 2.72. The van der Waals surface area contributed by atoms with E-state index < -0.39 is 18.6 Å². The fourth-order valence-corrected chi connectivity index (χ4v) is 2.28. The van der Waals surface area contributed by atoms with Crippen LogP contribution < -0.4 is 18.9 Å². The molecule has 2 aromatic rings. The third-order valence-electron chi connectivity index (χ3n) is 3.61. The minimum absolute atomic E-state index is 0.0842. The summed E-state index contributed by atoms with van der Waals surface area (Å²) in [5, 5.41) is 0. The minimum atomic E-state index is -2.99. The van der Waals surface area contributed by atoms with Gasteiger partial charge in [-0.15, -0.1) is 0 Å². The van der Waals surface area contributed by atoms with Gasteiger partial charge in [-0.25, -0.2) is 9.59 Å². The van der Waals surface area contributed by atoms with E-state index in [-0.39, 0.29) is 28.6 Å². The van der Waals surface area contributed by atoms with E-state index in [1.54, 1.807) is 0 Å². The standard InChI is InChI=1S/C20H18F2O7/c1-25-16-10-12(4-7-15(16)29-20(21)22)5-9-18(23)28-14-8-6-13(19(24)27-3)11-17(14)26-2/h4-11,20H,1-3H3/b9-5+. The maximum absolute atomic E-state index is 12.4. The molecule has 0 aliphatic carbocycles. The number of rotatable bonds is 8. The lowest BCUT2D eigenvalue weighted by atomic mass is 10.2. The van der Waals surface area contributed by atoms with Gasteiger partial charge >= 0.3 is 18.6 Å². The van der Waals surface area contributed by atoms with E-state index in [1.807, 2.05) is 0 Å². The highest BCUT2D eigenvalue weighted by molar-refractivity contribution is 5.91. The Hall–Kier alpha value is -3.62. The fourth-order valence-electron chi connectivity index (χ4n) is 2.28. The van der Waals surface area contributed by atoms with Crippen molar-refractivity contribution < 1.29 is 42.1 Å². The van der Waals surface area contributed by atoms with Gasteiger partial charge in [-0.1, -0.05) is 6.07 Å². The molecule has 0 aliphatic rings. The van der Waals surface area contributed by atoms with Crippen molar-refractivity contribution in [3.63, 3.8) is 0 Å². The first-order valence-corrected chi connectivity index (χ1v) is 8.17. The number of benzene rings is 2. The average molecular weight is 408 g/mol. The Balaban J connectivity index is 2.12. The van der Waals surface area contributed by atoms with Crippen LogP contribution in [0.1, 0.15) is 15.9 Å². The molecule has 0 bridgehead atoms. The number of methoxy groups -OCH3 is 3. The van der Waals surface area contributed by atoms with Gasteiger partial charge in [-0.05, 0) is 42.0 Å². The summed E-state index contributed by atoms with van der Waals surface area (Å²) in [6.45, 7) is -2.99. The van der Waals surface area contributed by atoms with E-state index in [0.717, 1.165) is 6.08 Å². The molecule has 0 atom stereocenters. The van der Waals surface area contributed by atoms with Crippen LogP contribution in [0, 0.1) is 0 Å². The SMILES string of the molecule is COC(=O)c1ccc(OC(=O)/C=C/c2ccc(OC(F)F)c(OC)c2)c(OC)c1. The van der Waals surface area contributed by atoms with Crippen molar-refractivity contribution in [3.05, 3.63) is 53.6 Å². The molecule has 9 heteroatoms. The van der Waals surface area contributed by atoms with Crippen LogP contribution in [0.4, 0.5) is 8.78 Å². The zero-order chi connectivity index (χ0) is 21.4. The van der Waals surface area contributed by atoms with Crippen molar-refractivity contribution in [3.8, 4) is 23.0 Å². The first-order chi connectivity index (χ1) is 13.9. The van der Waals surface area contributed by atoms with Gasteiger partial charge in [-0.2, -0.15) is 8.78 Å². The van der Waals surface area contributed by atoms with Gasteiger partial charge in [0.1, 0.15) is 0 Å². The normalized spacial score (nSPS) is 10.7. The van der Waals surface area contributed by atoms with Crippen molar-refractivity contribution in [2.45, 2.75) is 6.61 Å². The molecule has 0 saturated carbocycles. The van der Waals surface area contributed by atoms with Crippen LogP contribution in [0.5, 0.6) is 23.0 Å².